The highest BCUT2D eigenvalue weighted by Gasteiger charge is 1.95. The van der Waals surface area contributed by atoms with Crippen molar-refractivity contribution in [2.75, 3.05) is 0 Å². The number of thiophene rings is 1. The van der Waals surface area contributed by atoms with Crippen molar-refractivity contribution in [3.63, 3.8) is 0 Å². The van der Waals surface area contributed by atoms with Gasteiger partial charge in [0.05, 0.1) is 6.33 Å². The molecule has 62 valence electrons. The molecule has 2 aromatic rings. The lowest BCUT2D eigenvalue weighted by molar-refractivity contribution is 0.930. The minimum atomic E-state index is 1.05. The summed E-state index contributed by atoms with van der Waals surface area (Å²) < 4.78 is 0. The van der Waals surface area contributed by atoms with Crippen molar-refractivity contribution in [3.05, 3.63) is 40.6 Å². The van der Waals surface area contributed by atoms with Gasteiger partial charge in [0.2, 0.25) is 0 Å². The first kappa shape index (κ1) is 7.55. The van der Waals surface area contributed by atoms with Crippen molar-refractivity contribution in [2.45, 2.75) is 12.8 Å². The van der Waals surface area contributed by atoms with Gasteiger partial charge in [-0.3, -0.25) is 0 Å². The van der Waals surface area contributed by atoms with Crippen LogP contribution in [0.4, 0.5) is 0 Å². The molecule has 0 bridgehead atoms. The summed E-state index contributed by atoms with van der Waals surface area (Å²) in [5, 5.41) is 4.30. The predicted octanol–water partition coefficient (Wildman–Crippen LogP) is 2.26. The molecule has 2 aromatic heterocycles. The van der Waals surface area contributed by atoms with E-state index in [0.29, 0.717) is 0 Å². The van der Waals surface area contributed by atoms with Crippen LogP contribution in [0.2, 0.25) is 0 Å². The van der Waals surface area contributed by atoms with Crippen LogP contribution in [0.25, 0.3) is 0 Å². The van der Waals surface area contributed by atoms with E-state index in [1.165, 1.54) is 11.3 Å². The Morgan fingerprint density at radius 3 is 3.08 bits per heavy atom. The van der Waals surface area contributed by atoms with Gasteiger partial charge in [-0.05, 0) is 35.2 Å². The van der Waals surface area contributed by atoms with Gasteiger partial charge in [-0.2, -0.15) is 11.3 Å². The predicted molar refractivity (Wildman–Crippen MR) is 50.3 cm³/mol. The Balaban J connectivity index is 1.91. The molecule has 2 rings (SSSR count). The summed E-state index contributed by atoms with van der Waals surface area (Å²) in [7, 11) is 0. The molecule has 2 heterocycles. The molecule has 12 heavy (non-hydrogen) atoms. The first-order chi connectivity index (χ1) is 5.95. The number of aryl methyl sites for hydroxylation is 2. The summed E-state index contributed by atoms with van der Waals surface area (Å²) in [6.07, 6.45) is 5.76. The second-order valence-corrected chi connectivity index (χ2v) is 3.49. The standard InChI is InChI=1S/C9H10N2S/c1(8-3-4-12-6-8)2-9-5-10-7-11-9/h3-7H,1-2H2,(H,10,11). The van der Waals surface area contributed by atoms with Gasteiger partial charge in [0.25, 0.3) is 0 Å². The van der Waals surface area contributed by atoms with Gasteiger partial charge in [0.15, 0.2) is 0 Å². The van der Waals surface area contributed by atoms with Gasteiger partial charge >= 0.3 is 0 Å². The van der Waals surface area contributed by atoms with Crippen molar-refractivity contribution in [1.29, 1.82) is 0 Å². The molecule has 1 N–H and O–H groups in total. The molecule has 0 aliphatic heterocycles. The normalized spacial score (nSPS) is 10.3. The van der Waals surface area contributed by atoms with E-state index in [0.717, 1.165) is 12.8 Å². The first-order valence-electron chi connectivity index (χ1n) is 3.93. The topological polar surface area (TPSA) is 28.7 Å². The Labute approximate surface area is 75.3 Å². The smallest absolute Gasteiger partial charge is 0.0921 e. The van der Waals surface area contributed by atoms with Gasteiger partial charge in [0.1, 0.15) is 0 Å². The van der Waals surface area contributed by atoms with Crippen LogP contribution in [0.5, 0.6) is 0 Å². The molecule has 0 atom stereocenters. The van der Waals surface area contributed by atoms with E-state index in [9.17, 15) is 0 Å². The maximum Gasteiger partial charge on any atom is 0.0921 e. The fourth-order valence-electron chi connectivity index (χ4n) is 1.14. The lowest BCUT2D eigenvalue weighted by Crippen LogP contribution is -1.88. The molecular weight excluding hydrogens is 168 g/mol. The third-order valence-electron chi connectivity index (χ3n) is 1.82. The van der Waals surface area contributed by atoms with Crippen molar-refractivity contribution in [1.82, 2.24) is 9.97 Å². The zero-order chi connectivity index (χ0) is 8.23. The number of rotatable bonds is 3. The van der Waals surface area contributed by atoms with E-state index in [2.05, 4.69) is 26.8 Å². The zero-order valence-electron chi connectivity index (χ0n) is 6.66. The van der Waals surface area contributed by atoms with E-state index >= 15 is 0 Å². The highest BCUT2D eigenvalue weighted by molar-refractivity contribution is 7.07. The second-order valence-electron chi connectivity index (χ2n) is 2.71. The maximum atomic E-state index is 3.97. The van der Waals surface area contributed by atoms with E-state index < -0.39 is 0 Å². The summed E-state index contributed by atoms with van der Waals surface area (Å²) in [6, 6.07) is 2.17. The number of aromatic nitrogens is 2. The molecule has 0 fully saturated rings. The van der Waals surface area contributed by atoms with Crippen molar-refractivity contribution < 1.29 is 0 Å². The minimum Gasteiger partial charge on any atom is -0.348 e. The van der Waals surface area contributed by atoms with Gasteiger partial charge in [-0.1, -0.05) is 0 Å². The van der Waals surface area contributed by atoms with Gasteiger partial charge < -0.3 is 4.98 Å². The highest BCUT2D eigenvalue weighted by atomic mass is 32.1. The summed E-state index contributed by atoms with van der Waals surface area (Å²) >= 11 is 1.75. The Bertz CT molecular complexity index is 276. The second kappa shape index (κ2) is 3.54. The Morgan fingerprint density at radius 1 is 1.42 bits per heavy atom. The Hall–Kier alpha value is -1.09. The summed E-state index contributed by atoms with van der Waals surface area (Å²) in [6.45, 7) is 0. The number of hydrogen-bond donors (Lipinski definition) is 1. The van der Waals surface area contributed by atoms with E-state index in [1.54, 1.807) is 17.7 Å². The molecule has 0 aliphatic carbocycles. The first-order valence-corrected chi connectivity index (χ1v) is 4.88. The van der Waals surface area contributed by atoms with Crippen LogP contribution in [0.3, 0.4) is 0 Å². The van der Waals surface area contributed by atoms with Crippen molar-refractivity contribution in [2.24, 2.45) is 0 Å². The van der Waals surface area contributed by atoms with Crippen LogP contribution in [0.1, 0.15) is 11.3 Å². The average Bonchev–Trinajstić information content (AvgIpc) is 2.74. The van der Waals surface area contributed by atoms with Crippen LogP contribution in [0.15, 0.2) is 29.4 Å². The molecule has 0 spiro atoms. The Kier molecular flexibility index (Phi) is 2.23. The number of nitrogens with one attached hydrogen (secondary N) is 1. The van der Waals surface area contributed by atoms with E-state index in [1.807, 2.05) is 6.20 Å². The summed E-state index contributed by atoms with van der Waals surface area (Å²) in [5.74, 6) is 0. The van der Waals surface area contributed by atoms with Crippen molar-refractivity contribution >= 4 is 11.3 Å². The molecule has 0 saturated heterocycles. The van der Waals surface area contributed by atoms with Gasteiger partial charge in [-0.15, -0.1) is 0 Å². The third kappa shape index (κ3) is 1.74. The third-order valence-corrected chi connectivity index (χ3v) is 2.55. The Morgan fingerprint density at radius 2 is 2.42 bits per heavy atom. The summed E-state index contributed by atoms with van der Waals surface area (Å²) in [4.78, 5) is 7.06. The number of imidazole rings is 1. The molecule has 0 aromatic carbocycles. The van der Waals surface area contributed by atoms with Gasteiger partial charge in [0, 0.05) is 11.9 Å². The number of nitrogens with zero attached hydrogens (tertiary/aromatic N) is 1. The molecular formula is C9H10N2S. The number of aromatic amines is 1. The molecule has 0 amide bonds. The van der Waals surface area contributed by atoms with Crippen LogP contribution in [0, 0.1) is 0 Å². The maximum absolute atomic E-state index is 3.97. The van der Waals surface area contributed by atoms with Crippen LogP contribution >= 0.6 is 11.3 Å². The van der Waals surface area contributed by atoms with Crippen LogP contribution in [-0.2, 0) is 12.8 Å². The van der Waals surface area contributed by atoms with Crippen molar-refractivity contribution in [3.8, 4) is 0 Å². The molecule has 0 radical (unpaired) electrons. The lowest BCUT2D eigenvalue weighted by atomic mass is 10.1. The lowest BCUT2D eigenvalue weighted by Gasteiger charge is -1.93. The molecule has 3 heteroatoms. The van der Waals surface area contributed by atoms with E-state index in [-0.39, 0.29) is 0 Å². The number of hydrogen-bond acceptors (Lipinski definition) is 2. The van der Waals surface area contributed by atoms with Crippen LogP contribution in [-0.4, -0.2) is 9.97 Å². The fraction of sp³-hybridized carbons (Fsp3) is 0.222. The molecule has 0 aliphatic rings. The highest BCUT2D eigenvalue weighted by Crippen LogP contribution is 2.08. The minimum absolute atomic E-state index is 1.05. The summed E-state index contributed by atoms with van der Waals surface area (Å²) in [5.41, 5.74) is 2.62. The molecule has 2 nitrogen and oxygen atoms in total. The fourth-order valence-corrected chi connectivity index (χ4v) is 1.84. The zero-order valence-corrected chi connectivity index (χ0v) is 7.47. The molecule has 0 unspecified atom stereocenters. The largest absolute Gasteiger partial charge is 0.348 e. The van der Waals surface area contributed by atoms with Crippen LogP contribution < -0.4 is 0 Å². The quantitative estimate of drug-likeness (QED) is 0.767. The van der Waals surface area contributed by atoms with E-state index in [4.69, 9.17) is 0 Å². The average molecular weight is 178 g/mol. The van der Waals surface area contributed by atoms with Gasteiger partial charge in [-0.25, -0.2) is 4.98 Å². The number of H-pyrrole nitrogens is 1. The molecule has 0 saturated carbocycles. The SMILES string of the molecule is c1ncc(CCc2ccsc2)[nH]1. The monoisotopic (exact) mass is 178 g/mol.